The van der Waals surface area contributed by atoms with Crippen LogP contribution in [-0.2, 0) is 9.53 Å². The molecule has 3 rings (SSSR count). The summed E-state index contributed by atoms with van der Waals surface area (Å²) >= 11 is 0. The molecule has 1 aliphatic rings. The van der Waals surface area contributed by atoms with E-state index >= 15 is 0 Å². The Morgan fingerprint density at radius 3 is 2.68 bits per heavy atom. The number of ether oxygens (including phenoxy) is 1. The lowest BCUT2D eigenvalue weighted by atomic mass is 9.54. The molecular weight excluding hydrogens is 322 g/mol. The first kappa shape index (κ1) is 17.5. The van der Waals surface area contributed by atoms with Gasteiger partial charge in [0.15, 0.2) is 5.76 Å². The fourth-order valence-corrected chi connectivity index (χ4v) is 3.57. The van der Waals surface area contributed by atoms with E-state index in [2.05, 4.69) is 5.32 Å². The monoisotopic (exact) mass is 345 g/mol. The van der Waals surface area contributed by atoms with E-state index in [1.54, 1.807) is 26.0 Å². The van der Waals surface area contributed by atoms with E-state index in [1.807, 2.05) is 26.0 Å². The van der Waals surface area contributed by atoms with Gasteiger partial charge in [-0.1, -0.05) is 25.5 Å². The van der Waals surface area contributed by atoms with Crippen LogP contribution in [0.2, 0.25) is 0 Å². The average Bonchev–Trinajstić information content (AvgIpc) is 2.96. The predicted molar refractivity (Wildman–Crippen MR) is 92.6 cm³/mol. The number of amides is 1. The van der Waals surface area contributed by atoms with Gasteiger partial charge in [-0.05, 0) is 32.0 Å². The fraction of sp³-hybridized carbons (Fsp3) is 0.474. The number of aliphatic carboxylic acids is 1. The zero-order valence-corrected chi connectivity index (χ0v) is 14.9. The largest absolute Gasteiger partial charge is 0.479 e. The highest BCUT2D eigenvalue weighted by atomic mass is 16.5. The highest BCUT2D eigenvalue weighted by Gasteiger charge is 2.66. The molecule has 6 heteroatoms. The Kier molecular flexibility index (Phi) is 4.11. The van der Waals surface area contributed by atoms with Crippen molar-refractivity contribution in [2.75, 3.05) is 6.61 Å². The number of rotatable bonds is 5. The maximum atomic E-state index is 12.7. The third kappa shape index (κ3) is 2.61. The van der Waals surface area contributed by atoms with Crippen LogP contribution in [0.5, 0.6) is 0 Å². The van der Waals surface area contributed by atoms with E-state index in [9.17, 15) is 14.7 Å². The van der Waals surface area contributed by atoms with Crippen LogP contribution in [0, 0.1) is 12.3 Å². The number of fused-ring (bicyclic) bond motifs is 1. The highest BCUT2D eigenvalue weighted by molar-refractivity contribution is 5.99. The summed E-state index contributed by atoms with van der Waals surface area (Å²) in [5, 5.41) is 13.3. The molecule has 2 atom stereocenters. The standard InChI is InChI=1S/C19H23NO5/c1-5-24-15-10-19(17(22)23,18(15,3)4)20-16(21)14-9-12-8-11(2)6-7-13(12)25-14/h6-9,15H,5,10H2,1-4H3,(H,20,21)(H,22,23). The van der Waals surface area contributed by atoms with Gasteiger partial charge in [0.2, 0.25) is 0 Å². The summed E-state index contributed by atoms with van der Waals surface area (Å²) in [4.78, 5) is 24.6. The second-order valence-electron chi connectivity index (χ2n) is 7.19. The Hall–Kier alpha value is -2.34. The molecule has 134 valence electrons. The Balaban J connectivity index is 1.87. The maximum absolute atomic E-state index is 12.7. The van der Waals surface area contributed by atoms with Crippen LogP contribution in [0.1, 0.15) is 43.3 Å². The second-order valence-corrected chi connectivity index (χ2v) is 7.19. The number of furan rings is 1. The number of benzene rings is 1. The van der Waals surface area contributed by atoms with Crippen molar-refractivity contribution < 1.29 is 23.8 Å². The lowest BCUT2D eigenvalue weighted by molar-refractivity contribution is -0.190. The molecule has 1 heterocycles. The molecule has 0 aliphatic heterocycles. The Morgan fingerprint density at radius 1 is 1.36 bits per heavy atom. The summed E-state index contributed by atoms with van der Waals surface area (Å²) in [7, 11) is 0. The van der Waals surface area contributed by atoms with E-state index in [-0.39, 0.29) is 18.3 Å². The molecule has 1 fully saturated rings. The van der Waals surface area contributed by atoms with Gasteiger partial charge in [0.1, 0.15) is 11.1 Å². The normalized spacial score (nSPS) is 24.7. The van der Waals surface area contributed by atoms with E-state index in [4.69, 9.17) is 9.15 Å². The number of carboxylic acids is 1. The smallest absolute Gasteiger partial charge is 0.330 e. The molecule has 1 aliphatic carbocycles. The maximum Gasteiger partial charge on any atom is 0.330 e. The van der Waals surface area contributed by atoms with E-state index < -0.39 is 22.8 Å². The molecule has 1 amide bonds. The second kappa shape index (κ2) is 5.88. The number of carbonyl (C=O) groups is 2. The average molecular weight is 345 g/mol. The van der Waals surface area contributed by atoms with Crippen LogP contribution in [0.4, 0.5) is 0 Å². The van der Waals surface area contributed by atoms with Gasteiger partial charge in [0.05, 0.1) is 6.10 Å². The van der Waals surface area contributed by atoms with Gasteiger partial charge < -0.3 is 19.6 Å². The van der Waals surface area contributed by atoms with E-state index in [0.29, 0.717) is 12.2 Å². The van der Waals surface area contributed by atoms with Crippen molar-refractivity contribution in [1.82, 2.24) is 5.32 Å². The molecule has 0 saturated heterocycles. The Bertz CT molecular complexity index is 837. The molecule has 2 unspecified atom stereocenters. The number of hydrogen-bond acceptors (Lipinski definition) is 4. The molecule has 1 saturated carbocycles. The quantitative estimate of drug-likeness (QED) is 0.869. The van der Waals surface area contributed by atoms with Crippen LogP contribution in [0.25, 0.3) is 11.0 Å². The van der Waals surface area contributed by atoms with Crippen molar-refractivity contribution in [1.29, 1.82) is 0 Å². The summed E-state index contributed by atoms with van der Waals surface area (Å²) in [5.74, 6) is -1.48. The van der Waals surface area contributed by atoms with Gasteiger partial charge in [-0.25, -0.2) is 4.79 Å². The van der Waals surface area contributed by atoms with Gasteiger partial charge >= 0.3 is 5.97 Å². The minimum atomic E-state index is -1.38. The summed E-state index contributed by atoms with van der Waals surface area (Å²) in [6, 6.07) is 7.25. The zero-order valence-electron chi connectivity index (χ0n) is 14.9. The van der Waals surface area contributed by atoms with Crippen molar-refractivity contribution >= 4 is 22.8 Å². The lowest BCUT2D eigenvalue weighted by Gasteiger charge is -2.58. The molecular formula is C19H23NO5. The summed E-state index contributed by atoms with van der Waals surface area (Å²) in [6.07, 6.45) is 0.0149. The molecule has 0 bridgehead atoms. The zero-order chi connectivity index (χ0) is 18.4. The minimum absolute atomic E-state index is 0.108. The van der Waals surface area contributed by atoms with Crippen LogP contribution in [0.3, 0.4) is 0 Å². The third-order valence-electron chi connectivity index (χ3n) is 5.35. The number of aryl methyl sites for hydroxylation is 1. The Labute approximate surface area is 146 Å². The molecule has 1 aromatic carbocycles. The van der Waals surface area contributed by atoms with Crippen LogP contribution >= 0.6 is 0 Å². The first-order chi connectivity index (χ1) is 11.7. The summed E-state index contributed by atoms with van der Waals surface area (Å²) in [6.45, 7) is 7.92. The number of carbonyl (C=O) groups excluding carboxylic acids is 1. The SMILES string of the molecule is CCOC1CC(NC(=O)c2cc3cc(C)ccc3o2)(C(=O)O)C1(C)C. The van der Waals surface area contributed by atoms with E-state index in [1.165, 1.54) is 0 Å². The molecule has 6 nitrogen and oxygen atoms in total. The minimum Gasteiger partial charge on any atom is -0.479 e. The van der Waals surface area contributed by atoms with Crippen LogP contribution in [0.15, 0.2) is 28.7 Å². The first-order valence-electron chi connectivity index (χ1n) is 8.39. The lowest BCUT2D eigenvalue weighted by Crippen LogP contribution is -2.76. The van der Waals surface area contributed by atoms with Crippen LogP contribution < -0.4 is 5.32 Å². The van der Waals surface area contributed by atoms with Crippen molar-refractivity contribution in [3.8, 4) is 0 Å². The van der Waals surface area contributed by atoms with Crippen LogP contribution in [-0.4, -0.2) is 35.2 Å². The number of hydrogen-bond donors (Lipinski definition) is 2. The fourth-order valence-electron chi connectivity index (χ4n) is 3.57. The van der Waals surface area contributed by atoms with Crippen molar-refractivity contribution in [3.63, 3.8) is 0 Å². The molecule has 1 aromatic heterocycles. The van der Waals surface area contributed by atoms with Gasteiger partial charge in [0.25, 0.3) is 5.91 Å². The Morgan fingerprint density at radius 2 is 2.08 bits per heavy atom. The predicted octanol–water partition coefficient (Wildman–Crippen LogP) is 3.13. The molecule has 0 radical (unpaired) electrons. The van der Waals surface area contributed by atoms with Gasteiger partial charge in [-0.15, -0.1) is 0 Å². The summed E-state index contributed by atoms with van der Waals surface area (Å²) < 4.78 is 11.2. The third-order valence-corrected chi connectivity index (χ3v) is 5.35. The van der Waals surface area contributed by atoms with Gasteiger partial charge in [0, 0.05) is 23.8 Å². The van der Waals surface area contributed by atoms with Crippen molar-refractivity contribution in [2.45, 2.75) is 45.8 Å². The topological polar surface area (TPSA) is 88.8 Å². The molecule has 2 aromatic rings. The summed E-state index contributed by atoms with van der Waals surface area (Å²) in [5.41, 5.74) is -0.450. The molecule has 25 heavy (non-hydrogen) atoms. The first-order valence-corrected chi connectivity index (χ1v) is 8.39. The van der Waals surface area contributed by atoms with Gasteiger partial charge in [-0.2, -0.15) is 0 Å². The molecule has 2 N–H and O–H groups in total. The van der Waals surface area contributed by atoms with E-state index in [0.717, 1.165) is 10.9 Å². The number of carboxylic acid groups (broad SMARTS) is 1. The van der Waals surface area contributed by atoms with Gasteiger partial charge in [-0.3, -0.25) is 4.79 Å². The number of nitrogens with one attached hydrogen (secondary N) is 1. The highest BCUT2D eigenvalue weighted by Crippen LogP contribution is 2.51. The van der Waals surface area contributed by atoms with Crippen molar-refractivity contribution in [3.05, 3.63) is 35.6 Å². The molecule has 0 spiro atoms. The van der Waals surface area contributed by atoms with Crippen molar-refractivity contribution in [2.24, 2.45) is 5.41 Å².